The van der Waals surface area contributed by atoms with Gasteiger partial charge in [-0.15, -0.1) is 0 Å². The molecule has 0 bridgehead atoms. The van der Waals surface area contributed by atoms with Crippen molar-refractivity contribution in [2.75, 3.05) is 25.6 Å². The molecule has 1 fully saturated rings. The van der Waals surface area contributed by atoms with Crippen molar-refractivity contribution in [3.05, 3.63) is 12.4 Å². The first-order valence-electron chi connectivity index (χ1n) is 7.96. The molecule has 1 N–H and O–H groups in total. The summed E-state index contributed by atoms with van der Waals surface area (Å²) in [5.41, 5.74) is -0.103. The number of halogens is 3. The maximum absolute atomic E-state index is 12.6. The molecule has 2 rings (SSSR count). The van der Waals surface area contributed by atoms with Gasteiger partial charge in [-0.2, -0.15) is 18.3 Å². The summed E-state index contributed by atoms with van der Waals surface area (Å²) in [6.07, 6.45) is 1.52. The van der Waals surface area contributed by atoms with E-state index in [1.54, 1.807) is 12.0 Å². The summed E-state index contributed by atoms with van der Waals surface area (Å²) in [6, 6.07) is -0.329. The van der Waals surface area contributed by atoms with Crippen molar-refractivity contribution in [2.45, 2.75) is 50.9 Å². The third-order valence-electron chi connectivity index (χ3n) is 4.20. The van der Waals surface area contributed by atoms with Crippen LogP contribution in [0, 0.1) is 0 Å². The predicted octanol–water partition coefficient (Wildman–Crippen LogP) is 3.26. The second kappa shape index (κ2) is 7.42. The van der Waals surface area contributed by atoms with Gasteiger partial charge in [0.1, 0.15) is 6.54 Å². The van der Waals surface area contributed by atoms with E-state index in [2.05, 4.69) is 10.4 Å². The van der Waals surface area contributed by atoms with E-state index in [1.165, 1.54) is 12.4 Å². The minimum absolute atomic E-state index is 0.249. The van der Waals surface area contributed by atoms with Crippen molar-refractivity contribution in [1.82, 2.24) is 14.7 Å². The number of anilines is 1. The average Bonchev–Trinajstić information content (AvgIpc) is 3.05. The molecule has 1 saturated heterocycles. The number of nitrogens with one attached hydrogen (secondary N) is 1. The fourth-order valence-electron chi connectivity index (χ4n) is 3.36. The number of urea groups is 1. The number of carbonyl (C=O) groups is 1. The highest BCUT2D eigenvalue weighted by Crippen LogP contribution is 2.34. The average molecular weight is 348 g/mol. The van der Waals surface area contributed by atoms with Gasteiger partial charge in [0.05, 0.1) is 24.0 Å². The fraction of sp³-hybridized carbons (Fsp3) is 0.733. The van der Waals surface area contributed by atoms with E-state index < -0.39 is 12.7 Å². The number of rotatable bonds is 6. The van der Waals surface area contributed by atoms with Crippen molar-refractivity contribution in [3.8, 4) is 0 Å². The SMILES string of the molecule is CCC[C@]1(COC)CCCN1C(=O)Nc1cnn(CC(F)(F)F)c1. The quantitative estimate of drug-likeness (QED) is 0.858. The zero-order valence-electron chi connectivity index (χ0n) is 13.9. The monoisotopic (exact) mass is 348 g/mol. The molecule has 1 atom stereocenters. The van der Waals surface area contributed by atoms with Crippen molar-refractivity contribution < 1.29 is 22.7 Å². The first-order chi connectivity index (χ1) is 11.3. The molecule has 0 aliphatic carbocycles. The summed E-state index contributed by atoms with van der Waals surface area (Å²) in [6.45, 7) is 1.91. The van der Waals surface area contributed by atoms with Crippen LogP contribution in [0.3, 0.4) is 0 Å². The van der Waals surface area contributed by atoms with Gasteiger partial charge in [0.2, 0.25) is 0 Å². The molecule has 0 spiro atoms. The molecule has 6 nitrogen and oxygen atoms in total. The van der Waals surface area contributed by atoms with Crippen LogP contribution in [0.1, 0.15) is 32.6 Å². The number of amides is 2. The number of hydrogen-bond acceptors (Lipinski definition) is 3. The lowest BCUT2D eigenvalue weighted by Gasteiger charge is -2.38. The second-order valence-electron chi connectivity index (χ2n) is 6.13. The number of carbonyl (C=O) groups excluding carboxylic acids is 1. The molecule has 0 aromatic carbocycles. The number of nitrogens with zero attached hydrogens (tertiary/aromatic N) is 3. The highest BCUT2D eigenvalue weighted by Gasteiger charge is 2.43. The van der Waals surface area contributed by atoms with Crippen molar-refractivity contribution in [3.63, 3.8) is 0 Å². The summed E-state index contributed by atoms with van der Waals surface area (Å²) in [5, 5.41) is 6.27. The second-order valence-corrected chi connectivity index (χ2v) is 6.13. The Morgan fingerprint density at radius 2 is 2.25 bits per heavy atom. The van der Waals surface area contributed by atoms with E-state index in [9.17, 15) is 18.0 Å². The summed E-state index contributed by atoms with van der Waals surface area (Å²) in [4.78, 5) is 14.3. The van der Waals surface area contributed by atoms with E-state index in [1.807, 2.05) is 6.92 Å². The smallest absolute Gasteiger partial charge is 0.382 e. The third kappa shape index (κ3) is 4.40. The molecule has 0 radical (unpaired) electrons. The van der Waals surface area contributed by atoms with Gasteiger partial charge in [0.25, 0.3) is 0 Å². The molecular formula is C15H23F3N4O2. The lowest BCUT2D eigenvalue weighted by atomic mass is 9.91. The Kier molecular flexibility index (Phi) is 5.74. The number of aromatic nitrogens is 2. The Bertz CT molecular complexity index is 553. The van der Waals surface area contributed by atoms with E-state index in [0.29, 0.717) is 13.2 Å². The number of methoxy groups -OCH3 is 1. The zero-order chi connectivity index (χ0) is 17.8. The van der Waals surface area contributed by atoms with Gasteiger partial charge >= 0.3 is 12.2 Å². The van der Waals surface area contributed by atoms with Crippen LogP contribution in [0.4, 0.5) is 23.7 Å². The Balaban J connectivity index is 2.05. The van der Waals surface area contributed by atoms with E-state index in [4.69, 9.17) is 4.74 Å². The van der Waals surface area contributed by atoms with Crippen LogP contribution in [-0.4, -0.2) is 52.7 Å². The summed E-state index contributed by atoms with van der Waals surface area (Å²) >= 11 is 0. The molecule has 136 valence electrons. The first-order valence-corrected chi connectivity index (χ1v) is 7.96. The normalized spacial score (nSPS) is 21.3. The van der Waals surface area contributed by atoms with Crippen molar-refractivity contribution in [2.24, 2.45) is 0 Å². The summed E-state index contributed by atoms with van der Waals surface area (Å²) < 4.78 is 43.1. The molecule has 1 aliphatic rings. The maximum Gasteiger partial charge on any atom is 0.408 e. The van der Waals surface area contributed by atoms with Gasteiger partial charge in [-0.25, -0.2) is 4.79 Å². The lowest BCUT2D eigenvalue weighted by Crippen LogP contribution is -2.51. The molecule has 0 unspecified atom stereocenters. The van der Waals surface area contributed by atoms with Gasteiger partial charge in [-0.05, 0) is 19.3 Å². The number of hydrogen-bond donors (Lipinski definition) is 1. The van der Waals surface area contributed by atoms with Gasteiger partial charge in [-0.1, -0.05) is 13.3 Å². The molecular weight excluding hydrogens is 325 g/mol. The maximum atomic E-state index is 12.6. The lowest BCUT2D eigenvalue weighted by molar-refractivity contribution is -0.142. The number of likely N-dealkylation sites (tertiary alicyclic amines) is 1. The number of alkyl halides is 3. The highest BCUT2D eigenvalue weighted by atomic mass is 19.4. The Labute approximate surface area is 138 Å². The molecule has 1 aliphatic heterocycles. The number of ether oxygens (including phenoxy) is 1. The van der Waals surface area contributed by atoms with Crippen LogP contribution in [0.25, 0.3) is 0 Å². The Morgan fingerprint density at radius 3 is 2.88 bits per heavy atom. The van der Waals surface area contributed by atoms with E-state index in [0.717, 1.165) is 30.4 Å². The molecule has 2 amide bonds. The Morgan fingerprint density at radius 1 is 1.50 bits per heavy atom. The highest BCUT2D eigenvalue weighted by molar-refractivity contribution is 5.89. The fourth-order valence-corrected chi connectivity index (χ4v) is 3.36. The molecule has 1 aromatic rings. The molecule has 1 aromatic heterocycles. The topological polar surface area (TPSA) is 59.4 Å². The van der Waals surface area contributed by atoms with Gasteiger partial charge < -0.3 is 15.0 Å². The summed E-state index contributed by atoms with van der Waals surface area (Å²) in [5.74, 6) is 0. The molecule has 2 heterocycles. The van der Waals surface area contributed by atoms with Gasteiger partial charge in [0.15, 0.2) is 0 Å². The van der Waals surface area contributed by atoms with Crippen molar-refractivity contribution in [1.29, 1.82) is 0 Å². The largest absolute Gasteiger partial charge is 0.408 e. The molecule has 0 saturated carbocycles. The van der Waals surface area contributed by atoms with Crippen molar-refractivity contribution >= 4 is 11.7 Å². The molecule has 9 heteroatoms. The van der Waals surface area contributed by atoms with Crippen LogP contribution >= 0.6 is 0 Å². The van der Waals surface area contributed by atoms with Crippen LogP contribution in [-0.2, 0) is 11.3 Å². The Hall–Kier alpha value is -1.77. The minimum Gasteiger partial charge on any atom is -0.382 e. The van der Waals surface area contributed by atoms with Gasteiger partial charge in [0, 0.05) is 19.9 Å². The van der Waals surface area contributed by atoms with E-state index in [-0.39, 0.29) is 17.3 Å². The third-order valence-corrected chi connectivity index (χ3v) is 4.20. The minimum atomic E-state index is -4.35. The molecule has 24 heavy (non-hydrogen) atoms. The van der Waals surface area contributed by atoms with Crippen LogP contribution in [0.2, 0.25) is 0 Å². The zero-order valence-corrected chi connectivity index (χ0v) is 13.9. The van der Waals surface area contributed by atoms with Crippen LogP contribution in [0.15, 0.2) is 12.4 Å². The summed E-state index contributed by atoms with van der Waals surface area (Å²) in [7, 11) is 1.60. The van der Waals surface area contributed by atoms with E-state index >= 15 is 0 Å². The van der Waals surface area contributed by atoms with Gasteiger partial charge in [-0.3, -0.25) is 4.68 Å². The standard InChI is InChI=1S/C15H23F3N4O2/c1-3-5-14(11-24-2)6-4-7-22(14)13(23)20-12-8-19-21(9-12)10-15(16,17)18/h8-9H,3-7,10-11H2,1-2H3,(H,20,23)/t14-/m1/s1. The predicted molar refractivity (Wildman–Crippen MR) is 82.8 cm³/mol. The van der Waals surface area contributed by atoms with Crippen LogP contribution < -0.4 is 5.32 Å². The van der Waals surface area contributed by atoms with Crippen LogP contribution in [0.5, 0.6) is 0 Å². The first kappa shape index (κ1) is 18.6.